The highest BCUT2D eigenvalue weighted by molar-refractivity contribution is 5.77. The number of pyridine rings is 1. The van der Waals surface area contributed by atoms with Crippen LogP contribution in [0.15, 0.2) is 42.0 Å². The Kier molecular flexibility index (Phi) is 6.35. The largest absolute Gasteiger partial charge is 0.379 e. The zero-order valence-corrected chi connectivity index (χ0v) is 14.3. The summed E-state index contributed by atoms with van der Waals surface area (Å²) in [5.41, 5.74) is 7.00. The Morgan fingerprint density at radius 1 is 1.32 bits per heavy atom. The van der Waals surface area contributed by atoms with Gasteiger partial charge in [0.2, 0.25) is 0 Å². The van der Waals surface area contributed by atoms with Crippen LogP contribution in [0, 0.1) is 0 Å². The zero-order chi connectivity index (χ0) is 17.3. The van der Waals surface area contributed by atoms with E-state index in [2.05, 4.69) is 25.2 Å². The average molecular weight is 343 g/mol. The molecule has 1 saturated heterocycles. The van der Waals surface area contributed by atoms with E-state index >= 15 is 0 Å². The Morgan fingerprint density at radius 2 is 2.20 bits per heavy atom. The monoisotopic (exact) mass is 343 g/mol. The van der Waals surface area contributed by atoms with Crippen molar-refractivity contribution < 1.29 is 4.74 Å². The molecule has 0 unspecified atom stereocenters. The van der Waals surface area contributed by atoms with Crippen LogP contribution in [0.5, 0.6) is 0 Å². The first-order chi connectivity index (χ1) is 12.3. The van der Waals surface area contributed by atoms with Crippen molar-refractivity contribution in [3.8, 4) is 5.82 Å². The minimum absolute atomic E-state index is 0.475. The molecule has 0 aliphatic carbocycles. The lowest BCUT2D eigenvalue weighted by atomic mass is 10.2. The van der Waals surface area contributed by atoms with E-state index in [1.54, 1.807) is 18.7 Å². The van der Waals surface area contributed by atoms with Gasteiger partial charge in [-0.1, -0.05) is 0 Å². The summed E-state index contributed by atoms with van der Waals surface area (Å²) >= 11 is 0. The molecule has 0 radical (unpaired) electrons. The summed E-state index contributed by atoms with van der Waals surface area (Å²) < 4.78 is 7.21. The minimum atomic E-state index is 0.475. The van der Waals surface area contributed by atoms with E-state index in [0.717, 1.165) is 57.2 Å². The number of rotatable bonds is 7. The number of imidazole rings is 1. The average Bonchev–Trinajstić information content (AvgIpc) is 3.19. The lowest BCUT2D eigenvalue weighted by Gasteiger charge is -2.26. The lowest BCUT2D eigenvalue weighted by Crippen LogP contribution is -2.39. The van der Waals surface area contributed by atoms with Crippen molar-refractivity contribution in [3.63, 3.8) is 0 Å². The predicted molar refractivity (Wildman–Crippen MR) is 96.6 cm³/mol. The van der Waals surface area contributed by atoms with Crippen LogP contribution < -0.4 is 11.1 Å². The number of aromatic nitrogens is 3. The molecule has 3 heterocycles. The van der Waals surface area contributed by atoms with Crippen LogP contribution in [-0.2, 0) is 11.3 Å². The molecule has 1 aliphatic heterocycles. The quantitative estimate of drug-likeness (QED) is 0.429. The Morgan fingerprint density at radius 3 is 3.00 bits per heavy atom. The van der Waals surface area contributed by atoms with Crippen LogP contribution >= 0.6 is 0 Å². The van der Waals surface area contributed by atoms with Gasteiger partial charge in [-0.15, -0.1) is 0 Å². The van der Waals surface area contributed by atoms with Gasteiger partial charge in [-0.05, 0) is 30.7 Å². The fourth-order valence-electron chi connectivity index (χ4n) is 2.67. The first-order valence-corrected chi connectivity index (χ1v) is 8.58. The van der Waals surface area contributed by atoms with Crippen LogP contribution in [0.4, 0.5) is 0 Å². The summed E-state index contributed by atoms with van der Waals surface area (Å²) in [6, 6.07) is 3.92. The van der Waals surface area contributed by atoms with Gasteiger partial charge in [0.1, 0.15) is 12.1 Å². The molecule has 2 aromatic rings. The highest BCUT2D eigenvalue weighted by Crippen LogP contribution is 2.07. The molecule has 1 aliphatic rings. The summed E-state index contributed by atoms with van der Waals surface area (Å²) in [7, 11) is 0. The summed E-state index contributed by atoms with van der Waals surface area (Å²) in [5.74, 6) is 1.30. The van der Waals surface area contributed by atoms with Gasteiger partial charge in [0.05, 0.1) is 19.8 Å². The molecule has 0 atom stereocenters. The Hall–Kier alpha value is -2.45. The van der Waals surface area contributed by atoms with Crippen LogP contribution in [-0.4, -0.2) is 64.8 Å². The SMILES string of the molecule is NC(=NCc1ccnc(-n2ccnc2)c1)NCCCN1CCOCC1. The Labute approximate surface area is 147 Å². The van der Waals surface area contributed by atoms with Crippen molar-refractivity contribution in [1.29, 1.82) is 0 Å². The number of hydrogen-bond donors (Lipinski definition) is 2. The number of nitrogens with zero attached hydrogens (tertiary/aromatic N) is 5. The van der Waals surface area contributed by atoms with Crippen LogP contribution in [0.2, 0.25) is 0 Å². The highest BCUT2D eigenvalue weighted by Gasteiger charge is 2.09. The standard InChI is InChI=1S/C17H25N7O/c18-17(21-3-1-6-23-8-10-25-11-9-23)22-13-15-2-4-20-16(12-15)24-7-5-19-14-24/h2,4-5,7,12,14H,1,3,6,8-11,13H2,(H3,18,21,22). The molecule has 25 heavy (non-hydrogen) atoms. The molecule has 3 N–H and O–H groups in total. The molecule has 3 rings (SSSR count). The number of aliphatic imine (C=N–C) groups is 1. The Bertz CT molecular complexity index is 665. The maximum Gasteiger partial charge on any atom is 0.188 e. The second-order valence-corrected chi connectivity index (χ2v) is 5.93. The maximum absolute atomic E-state index is 5.95. The maximum atomic E-state index is 5.95. The molecule has 8 heteroatoms. The third-order valence-corrected chi connectivity index (χ3v) is 4.07. The second-order valence-electron chi connectivity index (χ2n) is 5.93. The molecular weight excluding hydrogens is 318 g/mol. The van der Waals surface area contributed by atoms with Crippen molar-refractivity contribution in [2.45, 2.75) is 13.0 Å². The first kappa shape index (κ1) is 17.4. The molecule has 1 fully saturated rings. The Balaban J connectivity index is 1.41. The predicted octanol–water partition coefficient (Wildman–Crippen LogP) is 0.394. The number of guanidine groups is 1. The summed E-state index contributed by atoms with van der Waals surface area (Å²) in [4.78, 5) is 15.2. The summed E-state index contributed by atoms with van der Waals surface area (Å²) in [6.07, 6.45) is 8.12. The molecule has 0 aromatic carbocycles. The molecule has 8 nitrogen and oxygen atoms in total. The molecular formula is C17H25N7O. The van der Waals surface area contributed by atoms with Gasteiger partial charge in [-0.2, -0.15) is 0 Å². The summed E-state index contributed by atoms with van der Waals surface area (Å²) in [5, 5.41) is 3.17. The molecule has 0 saturated carbocycles. The number of nitrogens with two attached hydrogens (primary N) is 1. The van der Waals surface area contributed by atoms with E-state index in [-0.39, 0.29) is 0 Å². The summed E-state index contributed by atoms with van der Waals surface area (Å²) in [6.45, 7) is 6.11. The topological polar surface area (TPSA) is 93.6 Å². The third-order valence-electron chi connectivity index (χ3n) is 4.07. The fourth-order valence-corrected chi connectivity index (χ4v) is 2.67. The van der Waals surface area contributed by atoms with Crippen molar-refractivity contribution in [2.75, 3.05) is 39.4 Å². The minimum Gasteiger partial charge on any atom is -0.379 e. The van der Waals surface area contributed by atoms with Crippen molar-refractivity contribution in [2.24, 2.45) is 10.7 Å². The number of ether oxygens (including phenoxy) is 1. The van der Waals surface area contributed by atoms with Crippen molar-refractivity contribution in [3.05, 3.63) is 42.6 Å². The van der Waals surface area contributed by atoms with Crippen molar-refractivity contribution >= 4 is 5.96 Å². The van der Waals surface area contributed by atoms with Gasteiger partial charge in [-0.25, -0.2) is 15.0 Å². The van der Waals surface area contributed by atoms with E-state index in [0.29, 0.717) is 12.5 Å². The molecule has 0 amide bonds. The van der Waals surface area contributed by atoms with Crippen LogP contribution in [0.3, 0.4) is 0 Å². The number of hydrogen-bond acceptors (Lipinski definition) is 5. The molecule has 134 valence electrons. The number of nitrogens with one attached hydrogen (secondary N) is 1. The fraction of sp³-hybridized carbons (Fsp3) is 0.471. The highest BCUT2D eigenvalue weighted by atomic mass is 16.5. The third kappa shape index (κ3) is 5.54. The van der Waals surface area contributed by atoms with E-state index < -0.39 is 0 Å². The van der Waals surface area contributed by atoms with E-state index in [4.69, 9.17) is 10.5 Å². The first-order valence-electron chi connectivity index (χ1n) is 8.58. The molecule has 0 spiro atoms. The van der Waals surface area contributed by atoms with Gasteiger partial charge in [0.15, 0.2) is 5.96 Å². The van der Waals surface area contributed by atoms with Gasteiger partial charge in [0.25, 0.3) is 0 Å². The van der Waals surface area contributed by atoms with E-state index in [1.165, 1.54) is 0 Å². The van der Waals surface area contributed by atoms with Crippen LogP contribution in [0.1, 0.15) is 12.0 Å². The van der Waals surface area contributed by atoms with E-state index in [9.17, 15) is 0 Å². The van der Waals surface area contributed by atoms with Gasteiger partial charge in [0, 0.05) is 38.2 Å². The zero-order valence-electron chi connectivity index (χ0n) is 14.3. The van der Waals surface area contributed by atoms with Gasteiger partial charge in [-0.3, -0.25) is 9.47 Å². The van der Waals surface area contributed by atoms with E-state index in [1.807, 2.05) is 22.9 Å². The molecule has 0 bridgehead atoms. The van der Waals surface area contributed by atoms with Gasteiger partial charge < -0.3 is 15.8 Å². The number of morpholine rings is 1. The molecule has 2 aromatic heterocycles. The lowest BCUT2D eigenvalue weighted by molar-refractivity contribution is 0.0376. The van der Waals surface area contributed by atoms with Crippen molar-refractivity contribution in [1.82, 2.24) is 24.8 Å². The smallest absolute Gasteiger partial charge is 0.188 e. The van der Waals surface area contributed by atoms with Crippen LogP contribution in [0.25, 0.3) is 5.82 Å². The second kappa shape index (κ2) is 9.14. The normalized spacial score (nSPS) is 16.1. The van der Waals surface area contributed by atoms with Gasteiger partial charge >= 0.3 is 0 Å².